The molecule has 108 valence electrons. The van der Waals surface area contributed by atoms with Crippen molar-refractivity contribution in [2.45, 2.75) is 85.1 Å². The zero-order valence-electron chi connectivity index (χ0n) is 13.5. The molecule has 0 unspecified atom stereocenters. The first-order chi connectivity index (χ1) is 8.49. The smallest absolute Gasteiger partial charge is 0.00926 e. The lowest BCUT2D eigenvalue weighted by atomic mass is 9.60. The number of nitrogens with zero attached hydrogens (tertiary/aromatic N) is 1. The summed E-state index contributed by atoms with van der Waals surface area (Å²) in [7, 11) is 2.31. The molecular formula is C17H35N. The van der Waals surface area contributed by atoms with Crippen LogP contribution >= 0.6 is 0 Å². The van der Waals surface area contributed by atoms with Crippen LogP contribution in [0.15, 0.2) is 0 Å². The Kier molecular flexibility index (Phi) is 6.70. The summed E-state index contributed by atoms with van der Waals surface area (Å²) in [5.74, 6) is 0.833. The van der Waals surface area contributed by atoms with Gasteiger partial charge in [-0.1, -0.05) is 34.1 Å². The third-order valence-electron chi connectivity index (χ3n) is 4.63. The van der Waals surface area contributed by atoms with Gasteiger partial charge in [0.15, 0.2) is 0 Å². The molecule has 18 heavy (non-hydrogen) atoms. The standard InChI is InChI=1S/C13H25N.C4H10/c1-3-11-14(2)12-5-9-13(10-6-12)7-4-8-13;1-4(2)3/h12H,3-11H2,1-2H3;4H,1-3H3. The van der Waals surface area contributed by atoms with Crippen LogP contribution in [0.4, 0.5) is 0 Å². The van der Waals surface area contributed by atoms with Crippen LogP contribution < -0.4 is 0 Å². The SMILES string of the molecule is CC(C)C.CCCN(C)C1CCC2(CCC2)CC1. The average Bonchev–Trinajstić information content (AvgIpc) is 2.27. The van der Waals surface area contributed by atoms with Gasteiger partial charge in [0.25, 0.3) is 0 Å². The third-order valence-corrected chi connectivity index (χ3v) is 4.63. The van der Waals surface area contributed by atoms with E-state index in [2.05, 4.69) is 39.6 Å². The van der Waals surface area contributed by atoms with Crippen molar-refractivity contribution in [2.75, 3.05) is 13.6 Å². The van der Waals surface area contributed by atoms with Crippen LogP contribution in [0.5, 0.6) is 0 Å². The van der Waals surface area contributed by atoms with E-state index in [1.165, 1.54) is 57.9 Å². The molecule has 0 atom stereocenters. The van der Waals surface area contributed by atoms with Gasteiger partial charge in [-0.3, -0.25) is 0 Å². The molecule has 2 rings (SSSR count). The molecule has 0 aromatic heterocycles. The molecule has 1 nitrogen and oxygen atoms in total. The van der Waals surface area contributed by atoms with Gasteiger partial charge in [0.1, 0.15) is 0 Å². The topological polar surface area (TPSA) is 3.24 Å². The predicted octanol–water partition coefficient (Wildman–Crippen LogP) is 5.10. The van der Waals surface area contributed by atoms with Gasteiger partial charge in [0, 0.05) is 6.04 Å². The van der Waals surface area contributed by atoms with Crippen molar-refractivity contribution in [1.82, 2.24) is 4.90 Å². The van der Waals surface area contributed by atoms with E-state index in [9.17, 15) is 0 Å². The normalized spacial score (nSPS) is 22.8. The highest BCUT2D eigenvalue weighted by molar-refractivity contribution is 4.93. The van der Waals surface area contributed by atoms with Crippen LogP contribution in [0.1, 0.15) is 79.1 Å². The van der Waals surface area contributed by atoms with Gasteiger partial charge in [0.05, 0.1) is 0 Å². The molecule has 2 saturated carbocycles. The third kappa shape index (κ3) is 4.91. The van der Waals surface area contributed by atoms with Crippen molar-refractivity contribution in [3.05, 3.63) is 0 Å². The Morgan fingerprint density at radius 1 is 1.06 bits per heavy atom. The first-order valence-electron chi connectivity index (χ1n) is 8.19. The predicted molar refractivity (Wildman–Crippen MR) is 82.0 cm³/mol. The number of hydrogen-bond acceptors (Lipinski definition) is 1. The summed E-state index contributed by atoms with van der Waals surface area (Å²) in [4.78, 5) is 2.59. The average molecular weight is 253 g/mol. The van der Waals surface area contributed by atoms with Crippen molar-refractivity contribution >= 4 is 0 Å². The van der Waals surface area contributed by atoms with Gasteiger partial charge >= 0.3 is 0 Å². The maximum absolute atomic E-state index is 2.59. The van der Waals surface area contributed by atoms with E-state index in [4.69, 9.17) is 0 Å². The first kappa shape index (κ1) is 16.0. The van der Waals surface area contributed by atoms with Crippen LogP contribution in [0.3, 0.4) is 0 Å². The van der Waals surface area contributed by atoms with Crippen LogP contribution in [0, 0.1) is 11.3 Å². The first-order valence-corrected chi connectivity index (χ1v) is 8.19. The van der Waals surface area contributed by atoms with Crippen molar-refractivity contribution < 1.29 is 0 Å². The highest BCUT2D eigenvalue weighted by atomic mass is 15.1. The van der Waals surface area contributed by atoms with Gasteiger partial charge in [-0.15, -0.1) is 0 Å². The summed E-state index contributed by atoms with van der Waals surface area (Å²) in [6, 6.07) is 0.904. The van der Waals surface area contributed by atoms with Gasteiger partial charge in [-0.05, 0) is 69.9 Å². The molecule has 0 aromatic carbocycles. The highest BCUT2D eigenvalue weighted by Gasteiger charge is 2.40. The Hall–Kier alpha value is -0.0400. The van der Waals surface area contributed by atoms with E-state index in [-0.39, 0.29) is 0 Å². The van der Waals surface area contributed by atoms with E-state index in [1.807, 2.05) is 0 Å². The molecule has 2 aliphatic rings. The molecule has 0 aliphatic heterocycles. The van der Waals surface area contributed by atoms with Crippen molar-refractivity contribution in [2.24, 2.45) is 11.3 Å². The molecule has 2 aliphatic carbocycles. The zero-order chi connectivity index (χ0) is 13.6. The number of rotatable bonds is 3. The van der Waals surface area contributed by atoms with Crippen molar-refractivity contribution in [1.29, 1.82) is 0 Å². The molecule has 1 heteroatoms. The molecule has 0 amide bonds. The van der Waals surface area contributed by atoms with E-state index < -0.39 is 0 Å². The second-order valence-electron chi connectivity index (χ2n) is 7.30. The van der Waals surface area contributed by atoms with Gasteiger partial charge in [0.2, 0.25) is 0 Å². The van der Waals surface area contributed by atoms with Crippen LogP contribution in [-0.2, 0) is 0 Å². The van der Waals surface area contributed by atoms with E-state index in [1.54, 1.807) is 0 Å². The number of hydrogen-bond donors (Lipinski definition) is 0. The molecule has 0 bridgehead atoms. The molecule has 2 fully saturated rings. The fourth-order valence-electron chi connectivity index (χ4n) is 3.37. The summed E-state index contributed by atoms with van der Waals surface area (Å²) < 4.78 is 0. The lowest BCUT2D eigenvalue weighted by molar-refractivity contribution is 0.0380. The Morgan fingerprint density at radius 2 is 1.56 bits per heavy atom. The van der Waals surface area contributed by atoms with Crippen molar-refractivity contribution in [3.8, 4) is 0 Å². The summed E-state index contributed by atoms with van der Waals surface area (Å²) in [5, 5.41) is 0. The van der Waals surface area contributed by atoms with Gasteiger partial charge in [-0.25, -0.2) is 0 Å². The Balaban J connectivity index is 0.000000357. The highest BCUT2D eigenvalue weighted by Crippen LogP contribution is 2.51. The van der Waals surface area contributed by atoms with Crippen molar-refractivity contribution in [3.63, 3.8) is 0 Å². The molecule has 1 spiro atoms. The lowest BCUT2D eigenvalue weighted by Gasteiger charge is -2.48. The Bertz CT molecular complexity index is 205. The molecule has 0 aromatic rings. The minimum Gasteiger partial charge on any atom is -0.303 e. The molecule has 0 saturated heterocycles. The summed E-state index contributed by atoms with van der Waals surface area (Å²) in [6.07, 6.45) is 11.9. The second-order valence-corrected chi connectivity index (χ2v) is 7.30. The fraction of sp³-hybridized carbons (Fsp3) is 1.00. The van der Waals surface area contributed by atoms with Gasteiger partial charge in [-0.2, -0.15) is 0 Å². The fourth-order valence-corrected chi connectivity index (χ4v) is 3.37. The maximum Gasteiger partial charge on any atom is 0.00926 e. The lowest BCUT2D eigenvalue weighted by Crippen LogP contribution is -2.41. The Labute approximate surface area is 115 Å². The zero-order valence-corrected chi connectivity index (χ0v) is 13.5. The summed E-state index contributed by atoms with van der Waals surface area (Å²) in [6.45, 7) is 10.1. The monoisotopic (exact) mass is 253 g/mol. The molecule has 0 radical (unpaired) electrons. The molecule has 0 N–H and O–H groups in total. The van der Waals surface area contributed by atoms with E-state index in [0.29, 0.717) is 0 Å². The van der Waals surface area contributed by atoms with E-state index in [0.717, 1.165) is 17.4 Å². The van der Waals surface area contributed by atoms with Crippen LogP contribution in [-0.4, -0.2) is 24.5 Å². The minimum absolute atomic E-state index is 0.833. The summed E-state index contributed by atoms with van der Waals surface area (Å²) in [5.41, 5.74) is 0.837. The minimum atomic E-state index is 0.833. The Morgan fingerprint density at radius 3 is 1.89 bits per heavy atom. The summed E-state index contributed by atoms with van der Waals surface area (Å²) >= 11 is 0. The van der Waals surface area contributed by atoms with Crippen LogP contribution in [0.2, 0.25) is 0 Å². The van der Waals surface area contributed by atoms with E-state index >= 15 is 0 Å². The van der Waals surface area contributed by atoms with Gasteiger partial charge < -0.3 is 4.90 Å². The largest absolute Gasteiger partial charge is 0.303 e. The molecule has 0 heterocycles. The quantitative estimate of drug-likeness (QED) is 0.676. The second kappa shape index (κ2) is 7.53. The maximum atomic E-state index is 2.59. The van der Waals surface area contributed by atoms with Crippen LogP contribution in [0.25, 0.3) is 0 Å². The molecular weight excluding hydrogens is 218 g/mol.